The molecule has 8 nitrogen and oxygen atoms in total. The van der Waals surface area contributed by atoms with Crippen LogP contribution in [0.4, 0.5) is 0 Å². The van der Waals surface area contributed by atoms with Crippen molar-refractivity contribution >= 4 is 49.2 Å². The zero-order valence-electron chi connectivity index (χ0n) is 19.5. The normalized spacial score (nSPS) is 13.0. The van der Waals surface area contributed by atoms with Crippen LogP contribution in [-0.2, 0) is 0 Å². The van der Waals surface area contributed by atoms with E-state index in [4.69, 9.17) is 0 Å². The second kappa shape index (κ2) is 17.3. The number of rotatable bonds is 8. The van der Waals surface area contributed by atoms with E-state index < -0.39 is 0 Å². The summed E-state index contributed by atoms with van der Waals surface area (Å²) in [6.45, 7) is 7.89. The quantitative estimate of drug-likeness (QED) is 0.371. The van der Waals surface area contributed by atoms with Crippen LogP contribution >= 0.6 is 0 Å². The fourth-order valence-corrected chi connectivity index (χ4v) is 2.03. The number of allylic oxidation sites excluding steroid dienone is 4. The second-order valence-electron chi connectivity index (χ2n) is 6.74. The first-order valence-corrected chi connectivity index (χ1v) is 8.48. The minimum atomic E-state index is 0. The molecule has 0 radical (unpaired) electrons. The Hall–Kier alpha value is -0.800. The first-order valence-electron chi connectivity index (χ1n) is 8.48. The molecule has 0 aromatic rings. The molecule has 9 heteroatoms. The molecule has 0 amide bonds. The zero-order valence-corrected chi connectivity index (χ0v) is 21.7. The van der Waals surface area contributed by atoms with E-state index in [9.17, 15) is 0 Å². The molecule has 0 rings (SSSR count). The predicted molar refractivity (Wildman–Crippen MR) is 119 cm³/mol. The Morgan fingerprint density at radius 1 is 0.741 bits per heavy atom. The van der Waals surface area contributed by atoms with E-state index in [1.54, 1.807) is 15.0 Å². The van der Waals surface area contributed by atoms with Gasteiger partial charge in [-0.15, -0.1) is 10.8 Å². The molecule has 0 aromatic carbocycles. The van der Waals surface area contributed by atoms with E-state index in [1.807, 2.05) is 101 Å². The van der Waals surface area contributed by atoms with E-state index in [0.717, 1.165) is 22.8 Å². The summed E-state index contributed by atoms with van der Waals surface area (Å²) in [6.07, 6.45) is 3.94. The van der Waals surface area contributed by atoms with Crippen LogP contribution in [-0.4, -0.2) is 126 Å². The van der Waals surface area contributed by atoms with Crippen LogP contribution in [0.25, 0.3) is 10.9 Å². The number of nitrogens with one attached hydrogen (secondary N) is 1. The molecular weight excluding hydrogens is 368 g/mol. The Morgan fingerprint density at radius 3 is 1.48 bits per heavy atom. The topological polar surface area (TPSA) is 67.5 Å². The SMILES string of the molecule is C/C(=C/C(C)=N/N(C)C)[N-]N(C)C.C/C(=C/C(C)=[NH+]/N(C)C)[N-]N(C)C.[Ca+2]. The molecule has 27 heavy (non-hydrogen) atoms. The van der Waals surface area contributed by atoms with Gasteiger partial charge in [0.2, 0.25) is 0 Å². The van der Waals surface area contributed by atoms with Gasteiger partial charge in [0, 0.05) is 21.0 Å². The fraction of sp³-hybridized carbons (Fsp3) is 0.667. The summed E-state index contributed by atoms with van der Waals surface area (Å²) in [6, 6.07) is 0. The van der Waals surface area contributed by atoms with Crippen LogP contribution in [0.3, 0.4) is 0 Å². The van der Waals surface area contributed by atoms with Gasteiger partial charge < -0.3 is 25.9 Å². The summed E-state index contributed by atoms with van der Waals surface area (Å²) in [5, 5.41) is 14.6. The third kappa shape index (κ3) is 25.2. The number of nitrogens with zero attached hydrogens (tertiary/aromatic N) is 7. The van der Waals surface area contributed by atoms with E-state index in [2.05, 4.69) is 21.1 Å². The van der Waals surface area contributed by atoms with E-state index in [0.29, 0.717) is 0 Å². The van der Waals surface area contributed by atoms with Gasteiger partial charge in [0.25, 0.3) is 0 Å². The largest absolute Gasteiger partial charge is 2.00 e. The van der Waals surface area contributed by atoms with E-state index in [1.165, 1.54) is 0 Å². The molecule has 152 valence electrons. The molecule has 0 saturated carbocycles. The summed E-state index contributed by atoms with van der Waals surface area (Å²) in [7, 11) is 15.3. The maximum Gasteiger partial charge on any atom is 2.00 e. The minimum Gasteiger partial charge on any atom is -0.624 e. The molecular formula is C18H39CaN8+. The van der Waals surface area contributed by atoms with Gasteiger partial charge in [0.05, 0.1) is 19.8 Å². The predicted octanol–water partition coefficient (Wildman–Crippen LogP) is 1.06. The number of hydrogen-bond donors (Lipinski definition) is 1. The Morgan fingerprint density at radius 2 is 1.15 bits per heavy atom. The van der Waals surface area contributed by atoms with Crippen molar-refractivity contribution in [1.29, 1.82) is 0 Å². The Labute approximate surface area is 196 Å². The van der Waals surface area contributed by atoms with Crippen molar-refractivity contribution in [1.82, 2.24) is 20.0 Å². The molecule has 0 saturated heterocycles. The summed E-state index contributed by atoms with van der Waals surface area (Å²) in [4.78, 5) is 0. The van der Waals surface area contributed by atoms with Gasteiger partial charge in [-0.25, -0.2) is 0 Å². The molecule has 0 aliphatic rings. The third-order valence-corrected chi connectivity index (χ3v) is 2.32. The maximum atomic E-state index is 4.24. The van der Waals surface area contributed by atoms with Crippen molar-refractivity contribution < 1.29 is 5.10 Å². The average Bonchev–Trinajstić information content (AvgIpc) is 2.33. The van der Waals surface area contributed by atoms with Crippen LogP contribution in [0.1, 0.15) is 27.7 Å². The van der Waals surface area contributed by atoms with Crippen molar-refractivity contribution in [2.75, 3.05) is 56.4 Å². The van der Waals surface area contributed by atoms with Crippen LogP contribution in [0.15, 0.2) is 28.6 Å². The van der Waals surface area contributed by atoms with Crippen molar-refractivity contribution in [3.63, 3.8) is 0 Å². The van der Waals surface area contributed by atoms with Crippen molar-refractivity contribution in [2.45, 2.75) is 27.7 Å². The van der Waals surface area contributed by atoms with Crippen molar-refractivity contribution in [3.05, 3.63) is 34.4 Å². The standard InChI is InChI=1S/2C9H19N4.Ca/c2*1-8(10-12(3)4)7-9(2)11-13(5)6;/h2*7H,1-6H3;/q2*-1;+2/p+1/b2*8-7-,11-9+;. The van der Waals surface area contributed by atoms with E-state index >= 15 is 0 Å². The third-order valence-electron chi connectivity index (χ3n) is 2.32. The maximum absolute atomic E-state index is 4.24. The van der Waals surface area contributed by atoms with Gasteiger partial charge in [-0.1, -0.05) is 19.9 Å². The summed E-state index contributed by atoms with van der Waals surface area (Å²) >= 11 is 0. The van der Waals surface area contributed by atoms with Crippen molar-refractivity contribution in [2.24, 2.45) is 5.10 Å². The molecule has 0 heterocycles. The van der Waals surface area contributed by atoms with Gasteiger partial charge in [-0.05, 0) is 41.2 Å². The summed E-state index contributed by atoms with van der Waals surface area (Å²) in [5.41, 5.74) is 12.4. The van der Waals surface area contributed by atoms with Crippen LogP contribution < -0.4 is 5.10 Å². The molecule has 0 aliphatic carbocycles. The number of hydrazone groups is 2. The second-order valence-corrected chi connectivity index (χ2v) is 6.74. The molecule has 0 spiro atoms. The average molecular weight is 408 g/mol. The smallest absolute Gasteiger partial charge is 0.624 e. The number of hydrogen-bond acceptors (Lipinski definition) is 5. The molecule has 0 fully saturated rings. The molecule has 0 aromatic heterocycles. The first kappa shape index (κ1) is 30.9. The van der Waals surface area contributed by atoms with Crippen LogP contribution in [0.5, 0.6) is 0 Å². The monoisotopic (exact) mass is 407 g/mol. The Balaban J connectivity index is -0.000000411. The summed E-state index contributed by atoms with van der Waals surface area (Å²) in [5.74, 6) is 0. The first-order chi connectivity index (χ1) is 11.8. The fourth-order valence-electron chi connectivity index (χ4n) is 2.03. The molecule has 0 atom stereocenters. The molecule has 0 bridgehead atoms. The molecule has 0 unspecified atom stereocenters. The van der Waals surface area contributed by atoms with Crippen LogP contribution in [0, 0.1) is 0 Å². The van der Waals surface area contributed by atoms with Gasteiger partial charge in [-0.3, -0.25) is 0 Å². The Bertz CT molecular complexity index is 459. The molecule has 0 aliphatic heterocycles. The van der Waals surface area contributed by atoms with E-state index in [-0.39, 0.29) is 37.7 Å². The van der Waals surface area contributed by atoms with Crippen molar-refractivity contribution in [3.8, 4) is 0 Å². The van der Waals surface area contributed by atoms with Crippen LogP contribution in [0.2, 0.25) is 0 Å². The summed E-state index contributed by atoms with van der Waals surface area (Å²) < 4.78 is 0. The Kier molecular flexibility index (Phi) is 19.8. The number of hydrazine groups is 1. The molecule has 1 N–H and O–H groups in total. The minimum absolute atomic E-state index is 0. The zero-order chi connectivity index (χ0) is 20.9. The van der Waals surface area contributed by atoms with Gasteiger partial charge in [-0.2, -0.15) is 15.8 Å². The van der Waals surface area contributed by atoms with Gasteiger partial charge in [0.15, 0.2) is 5.71 Å². The van der Waals surface area contributed by atoms with Gasteiger partial charge in [0.1, 0.15) is 0 Å². The van der Waals surface area contributed by atoms with Gasteiger partial charge >= 0.3 is 37.7 Å².